The standard InChI is InChI=1S/C13H15BrO4/c1-8-2-4-9(5-3-8)12(15)17-7-10-6-11(14)13(16)18-10/h2-5,10-11,13,16H,6-7H2,1H3/t10-,11+,13?/m0/s1. The van der Waals surface area contributed by atoms with Crippen LogP contribution < -0.4 is 0 Å². The number of alkyl halides is 1. The Labute approximate surface area is 114 Å². The number of benzene rings is 1. The Bertz CT molecular complexity index is 408. The molecular formula is C13H15BrO4. The molecule has 0 spiro atoms. The first-order chi connectivity index (χ1) is 8.56. The molecule has 0 radical (unpaired) electrons. The Kier molecular flexibility index (Phi) is 4.37. The summed E-state index contributed by atoms with van der Waals surface area (Å²) in [6.07, 6.45) is -0.450. The number of hydrogen-bond donors (Lipinski definition) is 1. The molecular weight excluding hydrogens is 300 g/mol. The topological polar surface area (TPSA) is 55.8 Å². The number of rotatable bonds is 3. The van der Waals surface area contributed by atoms with Crippen molar-refractivity contribution in [2.45, 2.75) is 30.6 Å². The summed E-state index contributed by atoms with van der Waals surface area (Å²) in [5, 5.41) is 9.37. The SMILES string of the molecule is Cc1ccc(C(=O)OC[C@@H]2C[C@@H](Br)C(O)O2)cc1. The maximum Gasteiger partial charge on any atom is 0.338 e. The largest absolute Gasteiger partial charge is 0.459 e. The van der Waals surface area contributed by atoms with Crippen LogP contribution in [0.4, 0.5) is 0 Å². The molecule has 1 N–H and O–H groups in total. The molecule has 1 aliphatic rings. The van der Waals surface area contributed by atoms with Crippen molar-refractivity contribution in [3.8, 4) is 0 Å². The van der Waals surface area contributed by atoms with Gasteiger partial charge in [-0.2, -0.15) is 0 Å². The lowest BCUT2D eigenvalue weighted by Gasteiger charge is -2.11. The zero-order valence-corrected chi connectivity index (χ0v) is 11.6. The molecule has 18 heavy (non-hydrogen) atoms. The number of halogens is 1. The lowest BCUT2D eigenvalue weighted by Crippen LogP contribution is -2.19. The molecule has 2 rings (SSSR count). The van der Waals surface area contributed by atoms with Crippen LogP contribution in [0.1, 0.15) is 22.3 Å². The molecule has 3 atom stereocenters. The van der Waals surface area contributed by atoms with Crippen molar-refractivity contribution < 1.29 is 19.4 Å². The molecule has 0 amide bonds. The molecule has 1 fully saturated rings. The van der Waals surface area contributed by atoms with Crippen LogP contribution in [0.15, 0.2) is 24.3 Å². The van der Waals surface area contributed by atoms with E-state index < -0.39 is 6.29 Å². The molecule has 0 saturated carbocycles. The number of aliphatic hydroxyl groups excluding tert-OH is 1. The van der Waals surface area contributed by atoms with Crippen molar-refractivity contribution in [3.63, 3.8) is 0 Å². The van der Waals surface area contributed by atoms with Gasteiger partial charge in [0.2, 0.25) is 0 Å². The summed E-state index contributed by atoms with van der Waals surface area (Å²) in [5.41, 5.74) is 1.62. The number of carbonyl (C=O) groups excluding carboxylic acids is 1. The third-order valence-corrected chi connectivity index (χ3v) is 3.64. The van der Waals surface area contributed by atoms with Crippen molar-refractivity contribution in [2.75, 3.05) is 6.61 Å². The zero-order chi connectivity index (χ0) is 13.1. The summed E-state index contributed by atoms with van der Waals surface area (Å²) < 4.78 is 10.4. The quantitative estimate of drug-likeness (QED) is 0.685. The molecule has 0 aliphatic carbocycles. The lowest BCUT2D eigenvalue weighted by molar-refractivity contribution is -0.100. The zero-order valence-electron chi connectivity index (χ0n) is 10.0. The van der Waals surface area contributed by atoms with Gasteiger partial charge in [-0.25, -0.2) is 4.79 Å². The van der Waals surface area contributed by atoms with E-state index in [-0.39, 0.29) is 23.5 Å². The summed E-state index contributed by atoms with van der Waals surface area (Å²) in [6, 6.07) is 7.19. The minimum Gasteiger partial charge on any atom is -0.459 e. The first-order valence-electron chi connectivity index (χ1n) is 5.77. The summed E-state index contributed by atoms with van der Waals surface area (Å²) >= 11 is 3.29. The van der Waals surface area contributed by atoms with Gasteiger partial charge in [0.05, 0.1) is 16.5 Å². The fourth-order valence-corrected chi connectivity index (χ4v) is 2.30. The van der Waals surface area contributed by atoms with Crippen LogP contribution in [0.5, 0.6) is 0 Å². The van der Waals surface area contributed by atoms with Gasteiger partial charge in [-0.1, -0.05) is 33.6 Å². The predicted molar refractivity (Wildman–Crippen MR) is 69.7 cm³/mol. The Balaban J connectivity index is 1.84. The Hall–Kier alpha value is -0.910. The van der Waals surface area contributed by atoms with Crippen LogP contribution in [0.2, 0.25) is 0 Å². The lowest BCUT2D eigenvalue weighted by atomic mass is 10.1. The molecule has 5 heteroatoms. The minimum absolute atomic E-state index is 0.0967. The second kappa shape index (κ2) is 5.82. The normalized spacial score (nSPS) is 27.2. The number of carbonyl (C=O) groups is 1. The molecule has 1 aromatic rings. The highest BCUT2D eigenvalue weighted by atomic mass is 79.9. The molecule has 0 bridgehead atoms. The molecule has 4 nitrogen and oxygen atoms in total. The smallest absolute Gasteiger partial charge is 0.338 e. The van der Waals surface area contributed by atoms with E-state index in [9.17, 15) is 9.90 Å². The molecule has 1 saturated heterocycles. The molecule has 1 unspecified atom stereocenters. The number of ether oxygens (including phenoxy) is 2. The molecule has 98 valence electrons. The average Bonchev–Trinajstić information content (AvgIpc) is 2.67. The van der Waals surface area contributed by atoms with Crippen LogP contribution >= 0.6 is 15.9 Å². The van der Waals surface area contributed by atoms with E-state index >= 15 is 0 Å². The number of aliphatic hydroxyl groups is 1. The molecule has 1 aromatic carbocycles. The van der Waals surface area contributed by atoms with Gasteiger partial charge in [-0.3, -0.25) is 0 Å². The Morgan fingerprint density at radius 2 is 2.17 bits per heavy atom. The average molecular weight is 315 g/mol. The van der Waals surface area contributed by atoms with E-state index in [1.807, 2.05) is 19.1 Å². The van der Waals surface area contributed by atoms with Crippen LogP contribution in [0, 0.1) is 6.92 Å². The maximum atomic E-state index is 11.7. The van der Waals surface area contributed by atoms with Gasteiger partial charge in [0, 0.05) is 0 Å². The van der Waals surface area contributed by atoms with Crippen LogP contribution in [0.25, 0.3) is 0 Å². The summed E-state index contributed by atoms with van der Waals surface area (Å²) in [7, 11) is 0. The second-order valence-electron chi connectivity index (χ2n) is 4.36. The van der Waals surface area contributed by atoms with Crippen molar-refractivity contribution >= 4 is 21.9 Å². The van der Waals surface area contributed by atoms with Crippen LogP contribution in [0.3, 0.4) is 0 Å². The minimum atomic E-state index is -0.826. The van der Waals surface area contributed by atoms with E-state index in [0.717, 1.165) is 5.56 Å². The highest BCUT2D eigenvalue weighted by Crippen LogP contribution is 2.25. The van der Waals surface area contributed by atoms with Crippen molar-refractivity contribution in [1.82, 2.24) is 0 Å². The second-order valence-corrected chi connectivity index (χ2v) is 5.54. The van der Waals surface area contributed by atoms with Gasteiger partial charge in [-0.05, 0) is 25.5 Å². The summed E-state index contributed by atoms with van der Waals surface area (Å²) in [5.74, 6) is -0.369. The van der Waals surface area contributed by atoms with Gasteiger partial charge in [0.25, 0.3) is 0 Å². The fourth-order valence-electron chi connectivity index (χ4n) is 1.75. The summed E-state index contributed by atoms with van der Waals surface area (Å²) in [4.78, 5) is 11.6. The maximum absolute atomic E-state index is 11.7. The number of esters is 1. The fraction of sp³-hybridized carbons (Fsp3) is 0.462. The van der Waals surface area contributed by atoms with Gasteiger partial charge < -0.3 is 14.6 Å². The van der Waals surface area contributed by atoms with E-state index in [1.54, 1.807) is 12.1 Å². The van der Waals surface area contributed by atoms with Crippen molar-refractivity contribution in [3.05, 3.63) is 35.4 Å². The van der Waals surface area contributed by atoms with Gasteiger partial charge in [-0.15, -0.1) is 0 Å². The third-order valence-electron chi connectivity index (χ3n) is 2.82. The van der Waals surface area contributed by atoms with Crippen molar-refractivity contribution in [1.29, 1.82) is 0 Å². The van der Waals surface area contributed by atoms with E-state index in [2.05, 4.69) is 15.9 Å². The molecule has 1 heterocycles. The number of hydrogen-bond acceptors (Lipinski definition) is 4. The first-order valence-corrected chi connectivity index (χ1v) is 6.69. The predicted octanol–water partition coefficient (Wildman–Crippen LogP) is 2.02. The van der Waals surface area contributed by atoms with E-state index in [1.165, 1.54) is 0 Å². The molecule has 1 aliphatic heterocycles. The Morgan fingerprint density at radius 3 is 2.72 bits per heavy atom. The highest BCUT2D eigenvalue weighted by Gasteiger charge is 2.32. The number of aryl methyl sites for hydroxylation is 1. The van der Waals surface area contributed by atoms with Crippen molar-refractivity contribution in [2.24, 2.45) is 0 Å². The van der Waals surface area contributed by atoms with Crippen LogP contribution in [-0.4, -0.2) is 34.9 Å². The van der Waals surface area contributed by atoms with E-state index in [0.29, 0.717) is 12.0 Å². The third kappa shape index (κ3) is 3.31. The van der Waals surface area contributed by atoms with Gasteiger partial charge in [0.15, 0.2) is 6.29 Å². The molecule has 0 aromatic heterocycles. The van der Waals surface area contributed by atoms with E-state index in [4.69, 9.17) is 9.47 Å². The van der Waals surface area contributed by atoms with Gasteiger partial charge in [0.1, 0.15) is 6.61 Å². The monoisotopic (exact) mass is 314 g/mol. The highest BCUT2D eigenvalue weighted by molar-refractivity contribution is 9.09. The van der Waals surface area contributed by atoms with Crippen LogP contribution in [-0.2, 0) is 9.47 Å². The Morgan fingerprint density at radius 1 is 1.50 bits per heavy atom. The van der Waals surface area contributed by atoms with Gasteiger partial charge >= 0.3 is 5.97 Å². The first kappa shape index (κ1) is 13.5. The summed E-state index contributed by atoms with van der Waals surface area (Å²) in [6.45, 7) is 2.12.